The predicted octanol–water partition coefficient (Wildman–Crippen LogP) is 3.98. The highest BCUT2D eigenvalue weighted by Gasteiger charge is 2.51. The van der Waals surface area contributed by atoms with E-state index < -0.39 is 0 Å². The van der Waals surface area contributed by atoms with Gasteiger partial charge in [-0.25, -0.2) is 9.97 Å². The molecule has 2 saturated heterocycles. The summed E-state index contributed by atoms with van der Waals surface area (Å²) in [6, 6.07) is 12.0. The SMILES string of the molecule is Cc1ccc(-n2nccn2)c(C(=O)N2C3CC(C3)[C@@H](C)C2CCc2nc3ccccc3o2)n1. The number of pyridine rings is 1. The molecule has 0 radical (unpaired) electrons. The molecule has 5 heterocycles. The van der Waals surface area contributed by atoms with Gasteiger partial charge in [0.15, 0.2) is 17.2 Å². The fourth-order valence-electron chi connectivity index (χ4n) is 5.47. The Balaban J connectivity index is 1.31. The van der Waals surface area contributed by atoms with Crippen LogP contribution in [0.25, 0.3) is 16.8 Å². The summed E-state index contributed by atoms with van der Waals surface area (Å²) in [6.45, 7) is 4.18. The van der Waals surface area contributed by atoms with Gasteiger partial charge in [-0.05, 0) is 62.3 Å². The average Bonchev–Trinajstić information content (AvgIpc) is 3.46. The number of fused-ring (bicyclic) bond motifs is 3. The quantitative estimate of drug-likeness (QED) is 0.464. The topological polar surface area (TPSA) is 89.9 Å². The molecule has 3 aromatic heterocycles. The standard InChI is InChI=1S/C25H26N6O2/c1-15-7-8-21(31-26-11-12-27-31)24(28-15)25(32)30-18-13-17(14-18)16(2)20(30)9-10-23-29-19-5-3-4-6-22(19)33-23/h3-8,11-12,16-18,20H,9-10,13-14H2,1-2H3/t16-,17?,18?,20?/m1/s1. The maximum Gasteiger partial charge on any atom is 0.275 e. The summed E-state index contributed by atoms with van der Waals surface area (Å²) in [4.78, 5) is 26.8. The Kier molecular flexibility index (Phi) is 4.74. The summed E-state index contributed by atoms with van der Waals surface area (Å²) in [7, 11) is 0. The number of rotatable bonds is 5. The Hall–Kier alpha value is -3.55. The van der Waals surface area contributed by atoms with Gasteiger partial charge < -0.3 is 9.32 Å². The molecule has 33 heavy (non-hydrogen) atoms. The van der Waals surface area contributed by atoms with Gasteiger partial charge in [0.25, 0.3) is 5.91 Å². The number of benzene rings is 1. The zero-order valence-electron chi connectivity index (χ0n) is 18.8. The van der Waals surface area contributed by atoms with Crippen molar-refractivity contribution < 1.29 is 9.21 Å². The summed E-state index contributed by atoms with van der Waals surface area (Å²) in [5, 5.41) is 8.48. The third-order valence-corrected chi connectivity index (χ3v) is 7.33. The molecule has 0 N–H and O–H groups in total. The number of carbonyl (C=O) groups is 1. The van der Waals surface area contributed by atoms with Gasteiger partial charge in [0, 0.05) is 24.2 Å². The lowest BCUT2D eigenvalue weighted by Gasteiger charge is -2.57. The number of hydrogen-bond acceptors (Lipinski definition) is 6. The van der Waals surface area contributed by atoms with Crippen LogP contribution in [0, 0.1) is 18.8 Å². The lowest BCUT2D eigenvalue weighted by atomic mass is 9.64. The van der Waals surface area contributed by atoms with Crippen LogP contribution < -0.4 is 0 Å². The highest BCUT2D eigenvalue weighted by molar-refractivity contribution is 5.96. The van der Waals surface area contributed by atoms with Crippen molar-refractivity contribution in [2.45, 2.75) is 51.6 Å². The maximum absolute atomic E-state index is 14.0. The molecule has 8 nitrogen and oxygen atoms in total. The predicted molar refractivity (Wildman–Crippen MR) is 122 cm³/mol. The number of amides is 1. The van der Waals surface area contributed by atoms with Crippen LogP contribution in [0.4, 0.5) is 0 Å². The number of nitrogens with zero attached hydrogens (tertiary/aromatic N) is 6. The average molecular weight is 443 g/mol. The largest absolute Gasteiger partial charge is 0.441 e. The normalized spacial score (nSPS) is 24.1. The van der Waals surface area contributed by atoms with Crippen molar-refractivity contribution in [3.8, 4) is 5.69 Å². The number of para-hydroxylation sites is 2. The highest BCUT2D eigenvalue weighted by Crippen LogP contribution is 2.48. The van der Waals surface area contributed by atoms with E-state index in [2.05, 4.69) is 32.0 Å². The monoisotopic (exact) mass is 442 g/mol. The number of oxazole rings is 1. The van der Waals surface area contributed by atoms with Crippen molar-refractivity contribution in [3.05, 3.63) is 66.1 Å². The van der Waals surface area contributed by atoms with Gasteiger partial charge in [-0.2, -0.15) is 10.2 Å². The lowest BCUT2D eigenvalue weighted by Crippen LogP contribution is -2.63. The summed E-state index contributed by atoms with van der Waals surface area (Å²) < 4.78 is 5.95. The number of carbonyl (C=O) groups excluding carboxylic acids is 1. The molecule has 1 saturated carbocycles. The van der Waals surface area contributed by atoms with E-state index in [0.29, 0.717) is 29.6 Å². The van der Waals surface area contributed by atoms with Gasteiger partial charge in [0.2, 0.25) is 0 Å². The second-order valence-corrected chi connectivity index (χ2v) is 9.28. The Morgan fingerprint density at radius 1 is 1.09 bits per heavy atom. The summed E-state index contributed by atoms with van der Waals surface area (Å²) in [5.74, 6) is 1.78. The van der Waals surface area contributed by atoms with Crippen molar-refractivity contribution in [2.75, 3.05) is 0 Å². The molecule has 1 aliphatic carbocycles. The number of hydrogen-bond donors (Lipinski definition) is 0. The first-order valence-corrected chi connectivity index (χ1v) is 11.6. The first kappa shape index (κ1) is 20.1. The molecule has 2 aliphatic heterocycles. The Morgan fingerprint density at radius 3 is 2.67 bits per heavy atom. The Morgan fingerprint density at radius 2 is 1.88 bits per heavy atom. The van der Waals surface area contributed by atoms with Crippen LogP contribution in [0.3, 0.4) is 0 Å². The van der Waals surface area contributed by atoms with Gasteiger partial charge in [0.05, 0.1) is 12.4 Å². The van der Waals surface area contributed by atoms with Crippen LogP contribution in [-0.4, -0.2) is 47.9 Å². The second-order valence-electron chi connectivity index (χ2n) is 9.28. The van der Waals surface area contributed by atoms with Gasteiger partial charge in [0.1, 0.15) is 11.2 Å². The second kappa shape index (κ2) is 7.79. The van der Waals surface area contributed by atoms with Crippen molar-refractivity contribution in [1.29, 1.82) is 0 Å². The van der Waals surface area contributed by atoms with Crippen molar-refractivity contribution in [3.63, 3.8) is 0 Å². The third kappa shape index (κ3) is 3.41. The van der Waals surface area contributed by atoms with Crippen LogP contribution in [0.15, 0.2) is 53.2 Å². The van der Waals surface area contributed by atoms with Crippen molar-refractivity contribution in [1.82, 2.24) is 29.9 Å². The molecule has 0 spiro atoms. The maximum atomic E-state index is 14.0. The molecule has 3 fully saturated rings. The molecule has 7 rings (SSSR count). The molecule has 1 amide bonds. The van der Waals surface area contributed by atoms with E-state index in [0.717, 1.165) is 41.9 Å². The molecule has 3 aliphatic rings. The van der Waals surface area contributed by atoms with E-state index in [1.165, 1.54) is 4.80 Å². The van der Waals surface area contributed by atoms with Crippen LogP contribution in [0.2, 0.25) is 0 Å². The summed E-state index contributed by atoms with van der Waals surface area (Å²) >= 11 is 0. The van der Waals surface area contributed by atoms with Gasteiger partial charge >= 0.3 is 0 Å². The molecule has 2 bridgehead atoms. The molecule has 1 aromatic carbocycles. The fourth-order valence-corrected chi connectivity index (χ4v) is 5.47. The third-order valence-electron chi connectivity index (χ3n) is 7.33. The zero-order chi connectivity index (χ0) is 22.5. The molecular weight excluding hydrogens is 416 g/mol. The molecule has 168 valence electrons. The van der Waals surface area contributed by atoms with E-state index in [4.69, 9.17) is 4.42 Å². The Bertz CT molecular complexity index is 1270. The minimum absolute atomic E-state index is 0.0384. The first-order chi connectivity index (χ1) is 16.1. The Labute approximate surface area is 191 Å². The van der Waals surface area contributed by atoms with E-state index in [1.807, 2.05) is 43.3 Å². The van der Waals surface area contributed by atoms with Crippen molar-refractivity contribution in [2.24, 2.45) is 11.8 Å². The summed E-state index contributed by atoms with van der Waals surface area (Å²) in [6.07, 6.45) is 6.85. The van der Waals surface area contributed by atoms with E-state index in [-0.39, 0.29) is 18.0 Å². The van der Waals surface area contributed by atoms with Crippen LogP contribution in [0.1, 0.15) is 48.3 Å². The lowest BCUT2D eigenvalue weighted by molar-refractivity contribution is -0.0576. The first-order valence-electron chi connectivity index (χ1n) is 11.6. The molecule has 1 unspecified atom stereocenters. The number of aryl methyl sites for hydroxylation is 2. The summed E-state index contributed by atoms with van der Waals surface area (Å²) in [5.41, 5.74) is 3.51. The minimum Gasteiger partial charge on any atom is -0.441 e. The van der Waals surface area contributed by atoms with Crippen LogP contribution in [0.5, 0.6) is 0 Å². The van der Waals surface area contributed by atoms with Gasteiger partial charge in [-0.1, -0.05) is 19.1 Å². The number of piperidine rings is 2. The molecular formula is C25H26N6O2. The van der Waals surface area contributed by atoms with E-state index >= 15 is 0 Å². The molecule has 8 heteroatoms. The van der Waals surface area contributed by atoms with E-state index in [1.54, 1.807) is 12.4 Å². The molecule has 2 atom stereocenters. The smallest absolute Gasteiger partial charge is 0.275 e. The van der Waals surface area contributed by atoms with Crippen LogP contribution in [-0.2, 0) is 6.42 Å². The van der Waals surface area contributed by atoms with Crippen LogP contribution >= 0.6 is 0 Å². The van der Waals surface area contributed by atoms with Gasteiger partial charge in [-0.3, -0.25) is 4.79 Å². The zero-order valence-corrected chi connectivity index (χ0v) is 18.8. The highest BCUT2D eigenvalue weighted by atomic mass is 16.3. The minimum atomic E-state index is -0.0384. The molecule has 4 aromatic rings. The number of aromatic nitrogens is 5. The van der Waals surface area contributed by atoms with Crippen molar-refractivity contribution >= 4 is 17.0 Å². The van der Waals surface area contributed by atoms with E-state index in [9.17, 15) is 4.79 Å². The van der Waals surface area contributed by atoms with Gasteiger partial charge in [-0.15, -0.1) is 4.80 Å². The fraction of sp³-hybridized carbons (Fsp3) is 0.400.